The van der Waals surface area contributed by atoms with Crippen LogP contribution in [0.3, 0.4) is 0 Å². The summed E-state index contributed by atoms with van der Waals surface area (Å²) >= 11 is 6.28. The lowest BCUT2D eigenvalue weighted by Crippen LogP contribution is -2.53. The Labute approximate surface area is 182 Å². The molecule has 0 aromatic heterocycles. The zero-order chi connectivity index (χ0) is 21.8. The molecule has 152 valence electrons. The third kappa shape index (κ3) is 4.64. The van der Waals surface area contributed by atoms with Gasteiger partial charge in [-0.2, -0.15) is 0 Å². The van der Waals surface area contributed by atoms with Gasteiger partial charge < -0.3 is 0 Å². The van der Waals surface area contributed by atoms with Gasteiger partial charge in [0.15, 0.2) is 5.11 Å². The molecule has 2 aromatic rings. The second-order valence-corrected chi connectivity index (χ2v) is 7.92. The van der Waals surface area contributed by atoms with Crippen molar-refractivity contribution < 1.29 is 14.5 Å². The molecule has 1 N–H and O–H groups in total. The van der Waals surface area contributed by atoms with Gasteiger partial charge in [0.05, 0.1) is 9.82 Å². The summed E-state index contributed by atoms with van der Waals surface area (Å²) in [4.78, 5) is 38.5. The molecule has 1 aliphatic rings. The predicted octanol–water partition coefficient (Wildman–Crippen LogP) is 3.87. The molecule has 7 nitrogen and oxygen atoms in total. The van der Waals surface area contributed by atoms with E-state index < -0.39 is 16.7 Å². The number of hydrogen-bond acceptors (Lipinski definition) is 6. The van der Waals surface area contributed by atoms with Crippen molar-refractivity contribution in [2.75, 3.05) is 6.54 Å². The number of carbonyl (C=O) groups excluding carboxylic acids is 2. The first-order valence-electron chi connectivity index (χ1n) is 8.83. The fourth-order valence-corrected chi connectivity index (χ4v) is 3.89. The summed E-state index contributed by atoms with van der Waals surface area (Å²) in [5.41, 5.74) is 1.19. The van der Waals surface area contributed by atoms with E-state index >= 15 is 0 Å². The smallest absolute Gasteiger partial charge is 0.283 e. The molecule has 2 amide bonds. The van der Waals surface area contributed by atoms with Crippen LogP contribution in [0, 0.1) is 17.0 Å². The molecule has 2 aromatic carbocycles. The van der Waals surface area contributed by atoms with Crippen molar-refractivity contribution in [3.05, 3.63) is 81.9 Å². The van der Waals surface area contributed by atoms with Crippen LogP contribution in [0.4, 0.5) is 5.69 Å². The Morgan fingerprint density at radius 1 is 1.23 bits per heavy atom. The van der Waals surface area contributed by atoms with Gasteiger partial charge in [-0.3, -0.25) is 29.9 Å². The van der Waals surface area contributed by atoms with Gasteiger partial charge in [0.2, 0.25) is 0 Å². The first-order valence-corrected chi connectivity index (χ1v) is 10.1. The minimum absolute atomic E-state index is 0.00197. The first kappa shape index (κ1) is 21.4. The summed E-state index contributed by atoms with van der Waals surface area (Å²) in [5, 5.41) is 14.1. The molecule has 1 aliphatic heterocycles. The molecule has 9 heteroatoms. The highest BCUT2D eigenvalue weighted by Crippen LogP contribution is 2.36. The molecule has 3 rings (SSSR count). The minimum Gasteiger partial charge on any atom is -0.298 e. The summed E-state index contributed by atoms with van der Waals surface area (Å²) in [5.74, 6) is -1.23. The molecule has 0 saturated carbocycles. The van der Waals surface area contributed by atoms with Crippen LogP contribution in [0.5, 0.6) is 0 Å². The topological polar surface area (TPSA) is 92.6 Å². The number of thiocarbonyl (C=S) groups is 1. The quantitative estimate of drug-likeness (QED) is 0.183. The fourth-order valence-electron chi connectivity index (χ4n) is 2.74. The maximum Gasteiger partial charge on any atom is 0.283 e. The minimum atomic E-state index is -0.647. The van der Waals surface area contributed by atoms with Crippen LogP contribution in [0.2, 0.25) is 0 Å². The van der Waals surface area contributed by atoms with Gasteiger partial charge in [-0.15, -0.1) is 6.58 Å². The van der Waals surface area contributed by atoms with E-state index in [1.165, 1.54) is 34.9 Å². The number of amides is 2. The molecule has 0 radical (unpaired) electrons. The van der Waals surface area contributed by atoms with E-state index in [2.05, 4.69) is 11.9 Å². The highest BCUT2D eigenvalue weighted by Gasteiger charge is 2.32. The number of benzene rings is 2. The second-order valence-electron chi connectivity index (χ2n) is 6.42. The Morgan fingerprint density at radius 3 is 2.57 bits per heavy atom. The van der Waals surface area contributed by atoms with Crippen LogP contribution in [0.25, 0.3) is 6.08 Å². The van der Waals surface area contributed by atoms with Gasteiger partial charge in [-0.1, -0.05) is 41.6 Å². The number of nitrogens with zero attached hydrogens (tertiary/aromatic N) is 2. The molecule has 0 bridgehead atoms. The van der Waals surface area contributed by atoms with Crippen LogP contribution in [0.1, 0.15) is 11.1 Å². The SMILES string of the molecule is C=CCN1C(=O)/C(=C/c2ccc(Sc3ccc(C)cc3)c([N+](=O)[O-])c2)C(=O)NC1=S. The second kappa shape index (κ2) is 9.02. The largest absolute Gasteiger partial charge is 0.298 e. The average molecular weight is 440 g/mol. The van der Waals surface area contributed by atoms with E-state index in [1.807, 2.05) is 31.2 Å². The lowest BCUT2D eigenvalue weighted by atomic mass is 10.1. The molecule has 0 unspecified atom stereocenters. The van der Waals surface area contributed by atoms with Crippen LogP contribution < -0.4 is 5.32 Å². The Hall–Kier alpha value is -3.30. The van der Waals surface area contributed by atoms with Crippen LogP contribution in [-0.4, -0.2) is 33.3 Å². The first-order chi connectivity index (χ1) is 14.3. The molecule has 30 heavy (non-hydrogen) atoms. The number of hydrogen-bond donors (Lipinski definition) is 1. The summed E-state index contributed by atoms with van der Waals surface area (Å²) in [6.45, 7) is 5.67. The van der Waals surface area contributed by atoms with Crippen molar-refractivity contribution >= 4 is 52.7 Å². The van der Waals surface area contributed by atoms with Crippen LogP contribution in [0.15, 0.2) is 70.5 Å². The number of nitrogens with one attached hydrogen (secondary N) is 1. The van der Waals surface area contributed by atoms with Gasteiger partial charge in [-0.05, 0) is 49.0 Å². The van der Waals surface area contributed by atoms with E-state index in [9.17, 15) is 19.7 Å². The zero-order valence-electron chi connectivity index (χ0n) is 16.0. The molecule has 0 aliphatic carbocycles. The molecule has 1 saturated heterocycles. The number of carbonyl (C=O) groups is 2. The number of rotatable bonds is 6. The summed E-state index contributed by atoms with van der Waals surface area (Å²) in [7, 11) is 0. The van der Waals surface area contributed by atoms with Crippen molar-refractivity contribution in [2.45, 2.75) is 16.7 Å². The van der Waals surface area contributed by atoms with Crippen molar-refractivity contribution in [2.24, 2.45) is 0 Å². The van der Waals surface area contributed by atoms with Crippen molar-refractivity contribution in [1.29, 1.82) is 0 Å². The molecule has 0 atom stereocenters. The monoisotopic (exact) mass is 439 g/mol. The molecule has 1 heterocycles. The summed E-state index contributed by atoms with van der Waals surface area (Å²) in [6, 6.07) is 12.2. The molecular formula is C21H17N3O4S2. The number of nitro groups is 1. The third-order valence-electron chi connectivity index (χ3n) is 4.24. The van der Waals surface area contributed by atoms with Gasteiger partial charge in [-0.25, -0.2) is 0 Å². The van der Waals surface area contributed by atoms with Gasteiger partial charge in [0.25, 0.3) is 17.5 Å². The standard InChI is InChI=1S/C21H17N3O4S2/c1-3-10-23-20(26)16(19(25)22-21(23)29)11-14-6-9-18(17(12-14)24(27)28)30-15-7-4-13(2)5-8-15/h3-9,11-12H,1,10H2,2H3,(H,22,25,29)/b16-11+. The fraction of sp³-hybridized carbons (Fsp3) is 0.0952. The number of nitro benzene ring substituents is 1. The van der Waals surface area contributed by atoms with E-state index in [4.69, 9.17) is 12.2 Å². The normalized spacial score (nSPS) is 15.3. The van der Waals surface area contributed by atoms with Gasteiger partial charge >= 0.3 is 0 Å². The highest BCUT2D eigenvalue weighted by atomic mass is 32.2. The van der Waals surface area contributed by atoms with Crippen LogP contribution in [-0.2, 0) is 9.59 Å². The van der Waals surface area contributed by atoms with Crippen molar-refractivity contribution in [3.8, 4) is 0 Å². The Morgan fingerprint density at radius 2 is 1.93 bits per heavy atom. The maximum absolute atomic E-state index is 12.6. The van der Waals surface area contributed by atoms with E-state index in [0.29, 0.717) is 10.5 Å². The summed E-state index contributed by atoms with van der Waals surface area (Å²) in [6.07, 6.45) is 2.81. The summed E-state index contributed by atoms with van der Waals surface area (Å²) < 4.78 is 0. The lowest BCUT2D eigenvalue weighted by Gasteiger charge is -2.27. The Kier molecular flexibility index (Phi) is 6.43. The van der Waals surface area contributed by atoms with E-state index in [0.717, 1.165) is 10.5 Å². The number of aryl methyl sites for hydroxylation is 1. The molecule has 1 fully saturated rings. The Bertz CT molecular complexity index is 1090. The average Bonchev–Trinajstić information content (AvgIpc) is 2.71. The van der Waals surface area contributed by atoms with Crippen LogP contribution >= 0.6 is 24.0 Å². The van der Waals surface area contributed by atoms with E-state index in [-0.39, 0.29) is 22.9 Å². The molecule has 0 spiro atoms. The van der Waals surface area contributed by atoms with Gasteiger partial charge in [0.1, 0.15) is 5.57 Å². The predicted molar refractivity (Wildman–Crippen MR) is 119 cm³/mol. The zero-order valence-corrected chi connectivity index (χ0v) is 17.6. The van der Waals surface area contributed by atoms with Crippen molar-refractivity contribution in [1.82, 2.24) is 10.2 Å². The molecular weight excluding hydrogens is 422 g/mol. The highest BCUT2D eigenvalue weighted by molar-refractivity contribution is 7.99. The maximum atomic E-state index is 12.6. The van der Waals surface area contributed by atoms with E-state index in [1.54, 1.807) is 12.1 Å². The Balaban J connectivity index is 1.95. The van der Waals surface area contributed by atoms with Crippen molar-refractivity contribution in [3.63, 3.8) is 0 Å². The van der Waals surface area contributed by atoms with Gasteiger partial charge in [0, 0.05) is 17.5 Å². The lowest BCUT2D eigenvalue weighted by molar-refractivity contribution is -0.387. The third-order valence-corrected chi connectivity index (χ3v) is 5.63.